The highest BCUT2D eigenvalue weighted by atomic mass is 35.5. The van der Waals surface area contributed by atoms with Gasteiger partial charge in [-0.15, -0.1) is 0 Å². The summed E-state index contributed by atoms with van der Waals surface area (Å²) in [6.07, 6.45) is 0. The van der Waals surface area contributed by atoms with E-state index in [0.29, 0.717) is 16.5 Å². The topological polar surface area (TPSA) is 55.5 Å². The first-order chi connectivity index (χ1) is 9.11. The molecule has 2 aromatic rings. The molecule has 4 heteroatoms. The van der Waals surface area contributed by atoms with Crippen molar-refractivity contribution in [3.05, 3.63) is 58.6 Å². The van der Waals surface area contributed by atoms with Crippen molar-refractivity contribution in [2.75, 3.05) is 0 Å². The molecule has 0 aliphatic heterocycles. The lowest BCUT2D eigenvalue weighted by Gasteiger charge is -2.12. The Balaban J connectivity index is 2.28. The fourth-order valence-corrected chi connectivity index (χ4v) is 1.96. The Kier molecular flexibility index (Phi) is 4.43. The zero-order chi connectivity index (χ0) is 13.8. The predicted octanol–water partition coefficient (Wildman–Crippen LogP) is 3.64. The van der Waals surface area contributed by atoms with Crippen molar-refractivity contribution < 1.29 is 9.84 Å². The maximum Gasteiger partial charge on any atom is 0.146 e. The summed E-state index contributed by atoms with van der Waals surface area (Å²) in [6.45, 7) is 1.82. The summed E-state index contributed by atoms with van der Waals surface area (Å²) in [5.41, 5.74) is 7.47. The molecule has 0 fully saturated rings. The molecule has 0 spiro atoms. The standard InChI is InChI=1S/C15H16ClNO2/c1-10(17)11-6-7-15(13(16)8-11)19-14-5-3-2-4-12(14)9-18/h2-8,10,18H,9,17H2,1H3/t10-/m0/s1. The molecular formula is C15H16ClNO2. The van der Waals surface area contributed by atoms with Crippen LogP contribution < -0.4 is 10.5 Å². The Morgan fingerprint density at radius 3 is 2.58 bits per heavy atom. The first-order valence-corrected chi connectivity index (χ1v) is 6.41. The SMILES string of the molecule is C[C@H](N)c1ccc(Oc2ccccc2CO)c(Cl)c1. The Bertz CT molecular complexity index is 570. The quantitative estimate of drug-likeness (QED) is 0.897. The van der Waals surface area contributed by atoms with Crippen molar-refractivity contribution in [1.29, 1.82) is 0 Å². The van der Waals surface area contributed by atoms with Crippen LogP contribution in [0.3, 0.4) is 0 Å². The van der Waals surface area contributed by atoms with Crippen molar-refractivity contribution >= 4 is 11.6 Å². The van der Waals surface area contributed by atoms with E-state index in [1.165, 1.54) is 0 Å². The van der Waals surface area contributed by atoms with Crippen LogP contribution in [0, 0.1) is 0 Å². The number of hydrogen-bond donors (Lipinski definition) is 2. The summed E-state index contributed by atoms with van der Waals surface area (Å²) in [7, 11) is 0. The zero-order valence-electron chi connectivity index (χ0n) is 10.6. The summed E-state index contributed by atoms with van der Waals surface area (Å²) in [6, 6.07) is 12.7. The molecule has 0 aliphatic carbocycles. The molecule has 0 radical (unpaired) electrons. The molecule has 0 unspecified atom stereocenters. The first-order valence-electron chi connectivity index (χ1n) is 6.03. The van der Waals surface area contributed by atoms with Gasteiger partial charge in [0, 0.05) is 11.6 Å². The maximum atomic E-state index is 9.25. The molecular weight excluding hydrogens is 262 g/mol. The number of ether oxygens (including phenoxy) is 1. The monoisotopic (exact) mass is 277 g/mol. The number of hydrogen-bond acceptors (Lipinski definition) is 3. The second-order valence-electron chi connectivity index (χ2n) is 4.35. The highest BCUT2D eigenvalue weighted by Gasteiger charge is 2.09. The molecule has 0 amide bonds. The van der Waals surface area contributed by atoms with Crippen molar-refractivity contribution in [3.63, 3.8) is 0 Å². The van der Waals surface area contributed by atoms with E-state index in [4.69, 9.17) is 22.1 Å². The lowest BCUT2D eigenvalue weighted by atomic mass is 10.1. The van der Waals surface area contributed by atoms with Gasteiger partial charge in [0.1, 0.15) is 11.5 Å². The van der Waals surface area contributed by atoms with Crippen LogP contribution >= 0.6 is 11.6 Å². The van der Waals surface area contributed by atoms with E-state index in [1.54, 1.807) is 24.3 Å². The van der Waals surface area contributed by atoms with Gasteiger partial charge >= 0.3 is 0 Å². The Morgan fingerprint density at radius 1 is 1.21 bits per heavy atom. The smallest absolute Gasteiger partial charge is 0.146 e. The van der Waals surface area contributed by atoms with Crippen molar-refractivity contribution in [2.45, 2.75) is 19.6 Å². The summed E-state index contributed by atoms with van der Waals surface area (Å²) in [5.74, 6) is 1.15. The largest absolute Gasteiger partial charge is 0.455 e. The molecule has 2 aromatic carbocycles. The lowest BCUT2D eigenvalue weighted by Crippen LogP contribution is -2.04. The molecule has 19 heavy (non-hydrogen) atoms. The molecule has 0 aliphatic rings. The third kappa shape index (κ3) is 3.26. The van der Waals surface area contributed by atoms with Crippen LogP contribution in [0.15, 0.2) is 42.5 Å². The molecule has 100 valence electrons. The van der Waals surface area contributed by atoms with Crippen LogP contribution in [0.25, 0.3) is 0 Å². The van der Waals surface area contributed by atoms with Crippen molar-refractivity contribution in [1.82, 2.24) is 0 Å². The van der Waals surface area contributed by atoms with Crippen molar-refractivity contribution in [2.24, 2.45) is 5.73 Å². The van der Waals surface area contributed by atoms with Gasteiger partial charge in [0.05, 0.1) is 11.6 Å². The summed E-state index contributed by atoms with van der Waals surface area (Å²) < 4.78 is 5.73. The number of aliphatic hydroxyl groups is 1. The lowest BCUT2D eigenvalue weighted by molar-refractivity contribution is 0.276. The Hall–Kier alpha value is -1.55. The number of nitrogens with two attached hydrogens (primary N) is 1. The number of para-hydroxylation sites is 1. The van der Waals surface area contributed by atoms with Gasteiger partial charge in [-0.05, 0) is 30.7 Å². The fourth-order valence-electron chi connectivity index (χ4n) is 1.74. The minimum Gasteiger partial charge on any atom is -0.455 e. The van der Waals surface area contributed by atoms with Gasteiger partial charge in [-0.25, -0.2) is 0 Å². The molecule has 2 rings (SSSR count). The minimum atomic E-state index is -0.0777. The molecule has 0 aromatic heterocycles. The van der Waals surface area contributed by atoms with Gasteiger partial charge in [0.25, 0.3) is 0 Å². The molecule has 0 saturated carbocycles. The second kappa shape index (κ2) is 6.06. The van der Waals surface area contributed by atoms with E-state index < -0.39 is 0 Å². The van der Waals surface area contributed by atoms with E-state index in [9.17, 15) is 5.11 Å². The van der Waals surface area contributed by atoms with E-state index in [2.05, 4.69) is 0 Å². The van der Waals surface area contributed by atoms with Gasteiger partial charge in [-0.1, -0.05) is 35.9 Å². The summed E-state index contributed by atoms with van der Waals surface area (Å²) in [5, 5.41) is 9.76. The number of halogens is 1. The Morgan fingerprint density at radius 2 is 1.95 bits per heavy atom. The summed E-state index contributed by atoms with van der Waals surface area (Å²) in [4.78, 5) is 0. The van der Waals surface area contributed by atoms with Crippen LogP contribution in [0.2, 0.25) is 5.02 Å². The number of aliphatic hydroxyl groups excluding tert-OH is 1. The van der Waals surface area contributed by atoms with Crippen LogP contribution in [-0.2, 0) is 6.61 Å². The van der Waals surface area contributed by atoms with E-state index in [-0.39, 0.29) is 12.6 Å². The van der Waals surface area contributed by atoms with Crippen molar-refractivity contribution in [3.8, 4) is 11.5 Å². The van der Waals surface area contributed by atoms with E-state index >= 15 is 0 Å². The molecule has 0 heterocycles. The molecule has 0 saturated heterocycles. The second-order valence-corrected chi connectivity index (χ2v) is 4.75. The molecule has 0 bridgehead atoms. The molecule has 3 nitrogen and oxygen atoms in total. The van der Waals surface area contributed by atoms with E-state index in [1.807, 2.05) is 25.1 Å². The fraction of sp³-hybridized carbons (Fsp3) is 0.200. The van der Waals surface area contributed by atoms with Crippen LogP contribution in [-0.4, -0.2) is 5.11 Å². The maximum absolute atomic E-state index is 9.25. The van der Waals surface area contributed by atoms with Gasteiger partial charge in [0.2, 0.25) is 0 Å². The third-order valence-electron chi connectivity index (χ3n) is 2.84. The van der Waals surface area contributed by atoms with E-state index in [0.717, 1.165) is 11.1 Å². The number of benzene rings is 2. The van der Waals surface area contributed by atoms with Gasteiger partial charge in [-0.3, -0.25) is 0 Å². The molecule has 3 N–H and O–H groups in total. The van der Waals surface area contributed by atoms with Crippen LogP contribution in [0.4, 0.5) is 0 Å². The predicted molar refractivity (Wildman–Crippen MR) is 76.5 cm³/mol. The molecule has 1 atom stereocenters. The summed E-state index contributed by atoms with van der Waals surface area (Å²) >= 11 is 6.18. The Labute approximate surface area is 117 Å². The highest BCUT2D eigenvalue weighted by Crippen LogP contribution is 2.32. The zero-order valence-corrected chi connectivity index (χ0v) is 11.4. The van der Waals surface area contributed by atoms with Crippen LogP contribution in [0.5, 0.6) is 11.5 Å². The van der Waals surface area contributed by atoms with Gasteiger partial charge < -0.3 is 15.6 Å². The first kappa shape index (κ1) is 13.9. The number of rotatable bonds is 4. The normalized spacial score (nSPS) is 12.2. The van der Waals surface area contributed by atoms with Gasteiger partial charge in [0.15, 0.2) is 0 Å². The highest BCUT2D eigenvalue weighted by molar-refractivity contribution is 6.32. The minimum absolute atomic E-state index is 0.0729. The average Bonchev–Trinajstić information content (AvgIpc) is 2.41. The van der Waals surface area contributed by atoms with Gasteiger partial charge in [-0.2, -0.15) is 0 Å². The average molecular weight is 278 g/mol. The third-order valence-corrected chi connectivity index (χ3v) is 3.14. The van der Waals surface area contributed by atoms with Crippen LogP contribution in [0.1, 0.15) is 24.1 Å².